The van der Waals surface area contributed by atoms with E-state index in [0.29, 0.717) is 30.7 Å². The summed E-state index contributed by atoms with van der Waals surface area (Å²) in [5, 5.41) is 8.33. The minimum Gasteiger partial charge on any atom is -0.461 e. The third kappa shape index (κ3) is 11.5. The van der Waals surface area contributed by atoms with Gasteiger partial charge in [0.2, 0.25) is 5.91 Å². The number of hydrogen-bond donors (Lipinski definition) is 2. The maximum atomic E-state index is 14.3. The van der Waals surface area contributed by atoms with Crippen LogP contribution in [0.4, 0.5) is 4.79 Å². The zero-order chi connectivity index (χ0) is 43.3. The molecule has 6 atom stereocenters. The van der Waals surface area contributed by atoms with Crippen molar-refractivity contribution in [3.8, 4) is 11.1 Å². The molecule has 1 aliphatic rings. The molecule has 60 heavy (non-hydrogen) atoms. The van der Waals surface area contributed by atoms with Gasteiger partial charge >= 0.3 is 12.1 Å². The van der Waals surface area contributed by atoms with Gasteiger partial charge in [-0.15, -0.1) is 11.3 Å². The van der Waals surface area contributed by atoms with Gasteiger partial charge in [0.15, 0.2) is 0 Å². The number of likely N-dealkylation sites (N-methyl/N-ethyl adjacent to an activating group) is 1. The molecule has 5 rings (SSSR count). The number of aromatic nitrogens is 1. The number of methoxy groups -OCH3 is 1. The van der Waals surface area contributed by atoms with Crippen LogP contribution in [0.15, 0.2) is 96.9 Å². The quantitative estimate of drug-likeness (QED) is 0.0629. The highest BCUT2D eigenvalue weighted by Crippen LogP contribution is 2.44. The number of fused-ring (bicyclic) bond motifs is 3. The highest BCUT2D eigenvalue weighted by Gasteiger charge is 2.36. The van der Waals surface area contributed by atoms with Gasteiger partial charge in [-0.05, 0) is 52.5 Å². The number of thiazole rings is 1. The maximum Gasteiger partial charge on any atom is 0.407 e. The summed E-state index contributed by atoms with van der Waals surface area (Å²) in [6.45, 7) is 13.7. The number of benzene rings is 3. The van der Waals surface area contributed by atoms with Crippen LogP contribution < -0.4 is 10.6 Å². The minimum absolute atomic E-state index is 0.0188. The molecule has 1 aromatic heterocycles. The summed E-state index contributed by atoms with van der Waals surface area (Å²) >= 11 is 1.32. The first-order valence-corrected chi connectivity index (χ1v) is 21.7. The van der Waals surface area contributed by atoms with Gasteiger partial charge in [0.1, 0.15) is 36.1 Å². The Morgan fingerprint density at radius 2 is 1.52 bits per heavy atom. The molecular weight excluding hydrogens is 777 g/mol. The fraction of sp³-hybridized carbons (Fsp3) is 0.438. The molecular formula is C48H60N4O7S. The fourth-order valence-corrected chi connectivity index (χ4v) is 8.81. The number of carbonyl (C=O) groups is 4. The van der Waals surface area contributed by atoms with Crippen LogP contribution in [0.3, 0.4) is 0 Å². The van der Waals surface area contributed by atoms with E-state index in [2.05, 4.69) is 41.5 Å². The van der Waals surface area contributed by atoms with Crippen LogP contribution in [0.2, 0.25) is 0 Å². The SMILES string of the molecule is C=CCOC(=O)[C@@H](C)C[C@H](Cc1ccccc1)NC(=O)c1csc([C@@H](C[C@H](C(C)C)N(C)C(=O)[C@@H](NC(=O)OCC2c3ccccc3-c3ccccc32)[C@@H](C)CC)OC)n1. The Morgan fingerprint density at radius 3 is 2.12 bits per heavy atom. The van der Waals surface area contributed by atoms with Gasteiger partial charge in [-0.3, -0.25) is 14.4 Å². The molecule has 2 N–H and O–H groups in total. The normalized spacial score (nSPS) is 15.1. The maximum absolute atomic E-state index is 14.3. The number of nitrogens with zero attached hydrogens (tertiary/aromatic N) is 2. The second kappa shape index (κ2) is 21.8. The van der Waals surface area contributed by atoms with Crippen LogP contribution in [-0.4, -0.2) is 79.3 Å². The van der Waals surface area contributed by atoms with Crippen molar-refractivity contribution in [2.24, 2.45) is 17.8 Å². The van der Waals surface area contributed by atoms with E-state index in [-0.39, 0.29) is 66.5 Å². The molecule has 3 aromatic carbocycles. The van der Waals surface area contributed by atoms with E-state index in [1.165, 1.54) is 17.4 Å². The average Bonchev–Trinajstić information content (AvgIpc) is 3.87. The number of rotatable bonds is 21. The molecule has 320 valence electrons. The Bertz CT molecular complexity index is 2020. The summed E-state index contributed by atoms with van der Waals surface area (Å²) in [5.74, 6) is -1.64. The van der Waals surface area contributed by atoms with E-state index in [4.69, 9.17) is 19.2 Å². The number of esters is 1. The third-order valence-corrected chi connectivity index (χ3v) is 12.5. The molecule has 3 amide bonds. The smallest absolute Gasteiger partial charge is 0.407 e. The lowest BCUT2D eigenvalue weighted by Gasteiger charge is -2.36. The standard InChI is InChI=1S/C48H60N4O7S/c1-9-24-58-47(55)32(6)25-34(26-33-18-12-11-13-19-33)49-44(53)40-29-60-45(50-40)42(57-8)27-41(30(3)4)52(7)46(54)43(31(5)10-2)51-48(56)59-28-39-37-22-16-14-20-35(37)36-21-15-17-23-38(36)39/h9,11-23,29-32,34,39,41-43H,1,10,24-28H2,2-8H3,(H,49,53)(H,51,56)/t31-,32-,34+,41+,42+,43-/m0/s1. The summed E-state index contributed by atoms with van der Waals surface area (Å²) in [4.78, 5) is 60.5. The van der Waals surface area contributed by atoms with Gasteiger partial charge in [-0.25, -0.2) is 9.78 Å². The molecule has 0 bridgehead atoms. The number of nitrogens with one attached hydrogen (secondary N) is 2. The predicted molar refractivity (Wildman–Crippen MR) is 236 cm³/mol. The van der Waals surface area contributed by atoms with Gasteiger partial charge < -0.3 is 29.7 Å². The van der Waals surface area contributed by atoms with E-state index >= 15 is 0 Å². The van der Waals surface area contributed by atoms with Crippen molar-refractivity contribution in [2.75, 3.05) is 27.4 Å². The van der Waals surface area contributed by atoms with E-state index in [9.17, 15) is 19.2 Å². The molecule has 0 unspecified atom stereocenters. The zero-order valence-corrected chi connectivity index (χ0v) is 36.7. The van der Waals surface area contributed by atoms with Crippen molar-refractivity contribution in [3.63, 3.8) is 0 Å². The average molecular weight is 837 g/mol. The molecule has 4 aromatic rings. The lowest BCUT2D eigenvalue weighted by atomic mass is 9.93. The zero-order valence-electron chi connectivity index (χ0n) is 35.9. The molecule has 11 nitrogen and oxygen atoms in total. The van der Waals surface area contributed by atoms with Gasteiger partial charge in [-0.2, -0.15) is 0 Å². The molecule has 0 spiro atoms. The van der Waals surface area contributed by atoms with Crippen LogP contribution in [0, 0.1) is 17.8 Å². The summed E-state index contributed by atoms with van der Waals surface area (Å²) in [7, 11) is 3.35. The Morgan fingerprint density at radius 1 is 0.883 bits per heavy atom. The lowest BCUT2D eigenvalue weighted by Crippen LogP contribution is -2.54. The van der Waals surface area contributed by atoms with Crippen molar-refractivity contribution >= 4 is 35.2 Å². The van der Waals surface area contributed by atoms with Crippen molar-refractivity contribution in [3.05, 3.63) is 124 Å². The minimum atomic E-state index is -0.816. The second-order valence-electron chi connectivity index (χ2n) is 16.0. The number of hydrogen-bond acceptors (Lipinski definition) is 9. The first-order valence-electron chi connectivity index (χ1n) is 20.8. The third-order valence-electron chi connectivity index (χ3n) is 11.5. The molecule has 0 saturated heterocycles. The molecule has 1 aliphatic carbocycles. The predicted octanol–water partition coefficient (Wildman–Crippen LogP) is 8.75. The molecule has 12 heteroatoms. The van der Waals surface area contributed by atoms with Crippen molar-refractivity contribution in [1.82, 2.24) is 20.5 Å². The van der Waals surface area contributed by atoms with E-state index in [0.717, 1.165) is 27.8 Å². The van der Waals surface area contributed by atoms with Gasteiger partial charge in [-0.1, -0.05) is 133 Å². The monoisotopic (exact) mass is 836 g/mol. The summed E-state index contributed by atoms with van der Waals surface area (Å²) in [6, 6.07) is 24.6. The Labute approximate surface area is 358 Å². The molecule has 1 heterocycles. The Kier molecular flexibility index (Phi) is 16.6. The van der Waals surface area contributed by atoms with Crippen molar-refractivity contribution < 1.29 is 33.4 Å². The van der Waals surface area contributed by atoms with E-state index in [1.807, 2.05) is 82.3 Å². The number of amides is 3. The van der Waals surface area contributed by atoms with Crippen molar-refractivity contribution in [1.29, 1.82) is 0 Å². The highest BCUT2D eigenvalue weighted by molar-refractivity contribution is 7.09. The van der Waals surface area contributed by atoms with Gasteiger partial charge in [0.05, 0.1) is 5.92 Å². The van der Waals surface area contributed by atoms with Crippen LogP contribution in [-0.2, 0) is 30.2 Å². The molecule has 0 fully saturated rings. The number of ether oxygens (including phenoxy) is 3. The summed E-state index contributed by atoms with van der Waals surface area (Å²) in [6.07, 6.45) is 2.33. The van der Waals surface area contributed by atoms with Crippen LogP contribution in [0.5, 0.6) is 0 Å². The topological polar surface area (TPSA) is 136 Å². The van der Waals surface area contributed by atoms with Crippen LogP contribution in [0.25, 0.3) is 11.1 Å². The van der Waals surface area contributed by atoms with Crippen LogP contribution >= 0.6 is 11.3 Å². The number of alkyl carbamates (subject to hydrolysis) is 1. The summed E-state index contributed by atoms with van der Waals surface area (Å²) in [5.41, 5.74) is 5.77. The largest absolute Gasteiger partial charge is 0.461 e. The number of carbonyl (C=O) groups excluding carboxylic acids is 4. The second-order valence-corrected chi connectivity index (χ2v) is 16.9. The van der Waals surface area contributed by atoms with Gasteiger partial charge in [0.25, 0.3) is 5.91 Å². The first-order chi connectivity index (χ1) is 28.9. The lowest BCUT2D eigenvalue weighted by molar-refractivity contribution is -0.147. The Balaban J connectivity index is 1.24. The van der Waals surface area contributed by atoms with Crippen LogP contribution in [0.1, 0.15) is 98.1 Å². The Hall–Kier alpha value is -5.33. The first kappa shape index (κ1) is 45.7. The fourth-order valence-electron chi connectivity index (χ4n) is 7.92. The molecule has 0 saturated carbocycles. The highest BCUT2D eigenvalue weighted by atomic mass is 32.1. The molecule has 0 radical (unpaired) electrons. The van der Waals surface area contributed by atoms with E-state index in [1.54, 1.807) is 31.4 Å². The van der Waals surface area contributed by atoms with Crippen molar-refractivity contribution in [2.45, 2.75) is 90.4 Å². The van der Waals surface area contributed by atoms with Gasteiger partial charge in [0, 0.05) is 44.0 Å². The molecule has 0 aliphatic heterocycles. The van der Waals surface area contributed by atoms with E-state index < -0.39 is 24.2 Å². The summed E-state index contributed by atoms with van der Waals surface area (Å²) < 4.78 is 17.1.